The topological polar surface area (TPSA) is 46.5 Å². The minimum Gasteiger partial charge on any atom is -0.466 e. The van der Waals surface area contributed by atoms with Crippen molar-refractivity contribution in [1.82, 2.24) is 0 Å². The molecule has 0 heterocycles. The SMILES string of the molecule is CCOC(=O)[C@@H]1[C@@H]2CC[C@@H](O)[C@@H]21. The van der Waals surface area contributed by atoms with Crippen LogP contribution < -0.4 is 0 Å². The Kier molecular flexibility index (Phi) is 1.83. The molecule has 0 unspecified atom stereocenters. The van der Waals surface area contributed by atoms with E-state index in [0.29, 0.717) is 12.5 Å². The van der Waals surface area contributed by atoms with Gasteiger partial charge in [0.15, 0.2) is 0 Å². The monoisotopic (exact) mass is 170 g/mol. The number of aliphatic hydroxyl groups is 1. The van der Waals surface area contributed by atoms with Crippen LogP contribution in [0.3, 0.4) is 0 Å². The molecule has 2 aliphatic carbocycles. The molecule has 4 atom stereocenters. The van der Waals surface area contributed by atoms with Crippen LogP contribution in [0.25, 0.3) is 0 Å². The van der Waals surface area contributed by atoms with Crippen molar-refractivity contribution in [2.75, 3.05) is 6.61 Å². The molecule has 12 heavy (non-hydrogen) atoms. The van der Waals surface area contributed by atoms with Gasteiger partial charge in [0, 0.05) is 5.92 Å². The van der Waals surface area contributed by atoms with Gasteiger partial charge in [0.1, 0.15) is 0 Å². The molecular formula is C9H14O3. The molecule has 0 aliphatic heterocycles. The lowest BCUT2D eigenvalue weighted by atomic mass is 10.1. The zero-order valence-electron chi connectivity index (χ0n) is 7.19. The van der Waals surface area contributed by atoms with Gasteiger partial charge in [0.05, 0.1) is 18.6 Å². The number of carbonyl (C=O) groups excluding carboxylic acids is 1. The fraction of sp³-hybridized carbons (Fsp3) is 0.889. The third kappa shape index (κ3) is 1.04. The van der Waals surface area contributed by atoms with E-state index in [4.69, 9.17) is 4.74 Å². The highest BCUT2D eigenvalue weighted by atomic mass is 16.5. The predicted molar refractivity (Wildman–Crippen MR) is 42.3 cm³/mol. The Morgan fingerprint density at radius 2 is 2.33 bits per heavy atom. The standard InChI is InChI=1S/C9H14O3/c1-2-12-9(11)8-5-3-4-6(10)7(5)8/h5-8,10H,2-4H2,1H3/t5-,6-,7-,8-/m1/s1. The fourth-order valence-electron chi connectivity index (χ4n) is 2.42. The summed E-state index contributed by atoms with van der Waals surface area (Å²) in [5.41, 5.74) is 0. The molecule has 0 amide bonds. The van der Waals surface area contributed by atoms with Crippen LogP contribution >= 0.6 is 0 Å². The molecule has 0 aromatic heterocycles. The normalized spacial score (nSPS) is 43.8. The van der Waals surface area contributed by atoms with Gasteiger partial charge in [-0.25, -0.2) is 0 Å². The number of hydrogen-bond donors (Lipinski definition) is 1. The maximum absolute atomic E-state index is 11.2. The lowest BCUT2D eigenvalue weighted by Gasteiger charge is -2.06. The molecular weight excluding hydrogens is 156 g/mol. The molecule has 1 N–H and O–H groups in total. The van der Waals surface area contributed by atoms with Gasteiger partial charge in [-0.2, -0.15) is 0 Å². The molecule has 3 heteroatoms. The Balaban J connectivity index is 1.90. The maximum atomic E-state index is 11.2. The molecule has 2 saturated carbocycles. The highest BCUT2D eigenvalue weighted by Gasteiger charge is 2.61. The van der Waals surface area contributed by atoms with E-state index in [2.05, 4.69) is 0 Å². The van der Waals surface area contributed by atoms with Crippen molar-refractivity contribution in [2.24, 2.45) is 17.8 Å². The second kappa shape index (κ2) is 2.73. The summed E-state index contributed by atoms with van der Waals surface area (Å²) >= 11 is 0. The van der Waals surface area contributed by atoms with Crippen LogP contribution in [-0.4, -0.2) is 23.8 Å². The van der Waals surface area contributed by atoms with E-state index in [9.17, 15) is 9.90 Å². The van der Waals surface area contributed by atoms with E-state index < -0.39 is 0 Å². The van der Waals surface area contributed by atoms with Gasteiger partial charge >= 0.3 is 5.97 Å². The van der Waals surface area contributed by atoms with E-state index in [1.165, 1.54) is 0 Å². The Morgan fingerprint density at radius 3 is 2.83 bits per heavy atom. The van der Waals surface area contributed by atoms with Crippen LogP contribution in [0.5, 0.6) is 0 Å². The second-order valence-corrected chi connectivity index (χ2v) is 3.66. The number of fused-ring (bicyclic) bond motifs is 1. The predicted octanol–water partition coefficient (Wildman–Crippen LogP) is 0.566. The molecule has 2 rings (SSSR count). The summed E-state index contributed by atoms with van der Waals surface area (Å²) in [5.74, 6) is 0.572. The van der Waals surface area contributed by atoms with Crippen LogP contribution in [-0.2, 0) is 9.53 Å². The van der Waals surface area contributed by atoms with E-state index in [-0.39, 0.29) is 23.9 Å². The van der Waals surface area contributed by atoms with Crippen LogP contribution in [0.1, 0.15) is 19.8 Å². The summed E-state index contributed by atoms with van der Waals surface area (Å²) < 4.78 is 4.90. The Morgan fingerprint density at radius 1 is 1.58 bits per heavy atom. The maximum Gasteiger partial charge on any atom is 0.309 e. The third-order valence-corrected chi connectivity index (χ3v) is 3.03. The average Bonchev–Trinajstić information content (AvgIpc) is 2.65. The van der Waals surface area contributed by atoms with Gasteiger partial charge in [0.2, 0.25) is 0 Å². The molecule has 3 nitrogen and oxygen atoms in total. The van der Waals surface area contributed by atoms with Crippen LogP contribution in [0.15, 0.2) is 0 Å². The minimum absolute atomic E-state index is 0.0219. The quantitative estimate of drug-likeness (QED) is 0.616. The van der Waals surface area contributed by atoms with Crippen molar-refractivity contribution in [1.29, 1.82) is 0 Å². The van der Waals surface area contributed by atoms with Crippen molar-refractivity contribution >= 4 is 5.97 Å². The summed E-state index contributed by atoms with van der Waals surface area (Å²) in [4.78, 5) is 11.2. The zero-order valence-corrected chi connectivity index (χ0v) is 7.19. The fourth-order valence-corrected chi connectivity index (χ4v) is 2.42. The Labute approximate surface area is 71.7 Å². The first-order chi connectivity index (χ1) is 5.75. The molecule has 0 spiro atoms. The highest BCUT2D eigenvalue weighted by Crippen LogP contribution is 2.57. The average molecular weight is 170 g/mol. The summed E-state index contributed by atoms with van der Waals surface area (Å²) in [7, 11) is 0. The number of aliphatic hydroxyl groups excluding tert-OH is 1. The lowest BCUT2D eigenvalue weighted by Crippen LogP contribution is -2.15. The first kappa shape index (κ1) is 8.05. The van der Waals surface area contributed by atoms with Crippen LogP contribution in [0, 0.1) is 17.8 Å². The van der Waals surface area contributed by atoms with Crippen LogP contribution in [0.4, 0.5) is 0 Å². The largest absolute Gasteiger partial charge is 0.466 e. The molecule has 0 radical (unpaired) electrons. The van der Waals surface area contributed by atoms with Crippen molar-refractivity contribution in [3.63, 3.8) is 0 Å². The Bertz CT molecular complexity index is 202. The van der Waals surface area contributed by atoms with Gasteiger partial charge in [-0.3, -0.25) is 4.79 Å². The van der Waals surface area contributed by atoms with E-state index >= 15 is 0 Å². The van der Waals surface area contributed by atoms with Crippen molar-refractivity contribution < 1.29 is 14.6 Å². The number of carbonyl (C=O) groups is 1. The number of hydrogen-bond acceptors (Lipinski definition) is 3. The Hall–Kier alpha value is -0.570. The number of ether oxygens (including phenoxy) is 1. The van der Waals surface area contributed by atoms with Gasteiger partial charge in [0.25, 0.3) is 0 Å². The van der Waals surface area contributed by atoms with Gasteiger partial charge in [-0.1, -0.05) is 0 Å². The van der Waals surface area contributed by atoms with E-state index in [1.807, 2.05) is 6.92 Å². The molecule has 2 aliphatic rings. The summed E-state index contributed by atoms with van der Waals surface area (Å²) in [6.45, 7) is 2.26. The summed E-state index contributed by atoms with van der Waals surface area (Å²) in [6, 6.07) is 0. The van der Waals surface area contributed by atoms with E-state index in [0.717, 1.165) is 12.8 Å². The zero-order chi connectivity index (χ0) is 8.72. The summed E-state index contributed by atoms with van der Waals surface area (Å²) in [6.07, 6.45) is 1.62. The number of esters is 1. The van der Waals surface area contributed by atoms with E-state index in [1.54, 1.807) is 0 Å². The first-order valence-electron chi connectivity index (χ1n) is 4.60. The molecule has 2 fully saturated rings. The third-order valence-electron chi connectivity index (χ3n) is 3.03. The summed E-state index contributed by atoms with van der Waals surface area (Å²) in [5, 5.41) is 9.42. The minimum atomic E-state index is -0.246. The van der Waals surface area contributed by atoms with Gasteiger partial charge < -0.3 is 9.84 Å². The second-order valence-electron chi connectivity index (χ2n) is 3.66. The highest BCUT2D eigenvalue weighted by molar-refractivity contribution is 5.77. The lowest BCUT2D eigenvalue weighted by molar-refractivity contribution is -0.146. The van der Waals surface area contributed by atoms with Gasteiger partial charge in [-0.15, -0.1) is 0 Å². The molecule has 0 bridgehead atoms. The first-order valence-corrected chi connectivity index (χ1v) is 4.60. The molecule has 0 aromatic carbocycles. The van der Waals surface area contributed by atoms with Crippen molar-refractivity contribution in [3.8, 4) is 0 Å². The molecule has 0 saturated heterocycles. The van der Waals surface area contributed by atoms with Gasteiger partial charge in [-0.05, 0) is 25.7 Å². The molecule has 68 valence electrons. The van der Waals surface area contributed by atoms with Crippen molar-refractivity contribution in [3.05, 3.63) is 0 Å². The van der Waals surface area contributed by atoms with Crippen LogP contribution in [0.2, 0.25) is 0 Å². The smallest absolute Gasteiger partial charge is 0.309 e. The van der Waals surface area contributed by atoms with Crippen molar-refractivity contribution in [2.45, 2.75) is 25.9 Å². The molecule has 0 aromatic rings. The number of rotatable bonds is 2.